The number of fused-ring (bicyclic) bond motifs is 4. The predicted octanol–water partition coefficient (Wildman–Crippen LogP) is 3.74. The third kappa shape index (κ3) is 2.03. The van der Waals surface area contributed by atoms with Crippen LogP contribution in [0.15, 0.2) is 22.6 Å². The quantitative estimate of drug-likeness (QED) is 0.845. The molecule has 0 amide bonds. The molecule has 6 rings (SSSR count). The van der Waals surface area contributed by atoms with Gasteiger partial charge in [0.1, 0.15) is 11.3 Å². The highest BCUT2D eigenvalue weighted by molar-refractivity contribution is 5.83. The predicted molar refractivity (Wildman–Crippen MR) is 90.8 cm³/mol. The first-order valence-corrected chi connectivity index (χ1v) is 8.99. The van der Waals surface area contributed by atoms with E-state index < -0.39 is 0 Å². The van der Waals surface area contributed by atoms with Crippen molar-refractivity contribution in [2.75, 3.05) is 26.8 Å². The second-order valence-corrected chi connectivity index (χ2v) is 7.84. The lowest BCUT2D eigenvalue weighted by atomic mass is 9.66. The van der Waals surface area contributed by atoms with Gasteiger partial charge in [-0.3, -0.25) is 4.90 Å². The Labute approximate surface area is 137 Å². The van der Waals surface area contributed by atoms with Crippen molar-refractivity contribution in [1.82, 2.24) is 4.90 Å². The van der Waals surface area contributed by atoms with Crippen LogP contribution in [0, 0.1) is 18.8 Å². The summed E-state index contributed by atoms with van der Waals surface area (Å²) >= 11 is 0. The molecular formula is C20H25NO2. The van der Waals surface area contributed by atoms with Crippen LogP contribution < -0.4 is 0 Å². The first kappa shape index (κ1) is 14.1. The molecule has 2 saturated heterocycles. The van der Waals surface area contributed by atoms with Crippen molar-refractivity contribution in [3.63, 3.8) is 0 Å². The summed E-state index contributed by atoms with van der Waals surface area (Å²) in [6.45, 7) is 5.52. The minimum absolute atomic E-state index is 0.563. The van der Waals surface area contributed by atoms with Crippen molar-refractivity contribution in [2.24, 2.45) is 11.8 Å². The summed E-state index contributed by atoms with van der Waals surface area (Å²) in [7, 11) is 1.84. The normalized spacial score (nSPS) is 35.3. The Kier molecular flexibility index (Phi) is 3.11. The van der Waals surface area contributed by atoms with E-state index in [0.29, 0.717) is 17.9 Å². The third-order valence-corrected chi connectivity index (χ3v) is 6.38. The van der Waals surface area contributed by atoms with Gasteiger partial charge in [0.15, 0.2) is 0 Å². The minimum atomic E-state index is 0.563. The Morgan fingerprint density at radius 1 is 1.30 bits per heavy atom. The summed E-state index contributed by atoms with van der Waals surface area (Å²) in [6, 6.07) is 7.25. The Bertz CT molecular complexity index is 749. The van der Waals surface area contributed by atoms with Gasteiger partial charge in [0, 0.05) is 43.1 Å². The SMILES string of the molecule is COCC1CC2CC3c4oc5ccc(C)cc5c4CCN(C2)C13. The summed E-state index contributed by atoms with van der Waals surface area (Å²) < 4.78 is 12.0. The highest BCUT2D eigenvalue weighted by Gasteiger charge is 2.50. The lowest BCUT2D eigenvalue weighted by Gasteiger charge is -2.52. The fraction of sp³-hybridized carbons (Fsp3) is 0.600. The maximum atomic E-state index is 6.42. The second kappa shape index (κ2) is 5.09. The number of aryl methyl sites for hydroxylation is 1. The topological polar surface area (TPSA) is 25.6 Å². The Morgan fingerprint density at radius 3 is 3.09 bits per heavy atom. The van der Waals surface area contributed by atoms with E-state index in [9.17, 15) is 0 Å². The van der Waals surface area contributed by atoms with Gasteiger partial charge in [-0.15, -0.1) is 0 Å². The average molecular weight is 311 g/mol. The highest BCUT2D eigenvalue weighted by atomic mass is 16.5. The summed E-state index contributed by atoms with van der Waals surface area (Å²) in [5, 5.41) is 1.35. The van der Waals surface area contributed by atoms with Crippen molar-refractivity contribution in [2.45, 2.75) is 38.1 Å². The lowest BCUT2D eigenvalue weighted by molar-refractivity contribution is -0.0422. The van der Waals surface area contributed by atoms with Crippen molar-refractivity contribution in [1.29, 1.82) is 0 Å². The number of piperidine rings is 2. The minimum Gasteiger partial charge on any atom is -0.460 e. The van der Waals surface area contributed by atoms with Gasteiger partial charge in [0.2, 0.25) is 0 Å². The van der Waals surface area contributed by atoms with Crippen molar-refractivity contribution in [3.05, 3.63) is 35.1 Å². The van der Waals surface area contributed by atoms with Gasteiger partial charge in [-0.2, -0.15) is 0 Å². The van der Waals surface area contributed by atoms with Crippen molar-refractivity contribution in [3.8, 4) is 0 Å². The summed E-state index contributed by atoms with van der Waals surface area (Å²) in [4.78, 5) is 2.74. The van der Waals surface area contributed by atoms with E-state index in [1.807, 2.05) is 7.11 Å². The number of ether oxygens (including phenoxy) is 1. The Morgan fingerprint density at radius 2 is 2.22 bits per heavy atom. The smallest absolute Gasteiger partial charge is 0.134 e. The molecular weight excluding hydrogens is 286 g/mol. The molecule has 0 N–H and O–H groups in total. The van der Waals surface area contributed by atoms with E-state index in [1.54, 1.807) is 0 Å². The molecule has 122 valence electrons. The molecule has 0 spiro atoms. The number of benzene rings is 1. The van der Waals surface area contributed by atoms with Crippen LogP contribution in [-0.2, 0) is 11.2 Å². The molecule has 0 radical (unpaired) electrons. The molecule has 4 heterocycles. The highest BCUT2D eigenvalue weighted by Crippen LogP contribution is 2.51. The standard InChI is InChI=1S/C20H25NO2/c1-12-3-4-18-16(7-12)15-5-6-21-10-13-8-14(11-22-2)19(21)17(9-13)20(15)23-18/h3-4,7,13-14,17,19H,5-6,8-11H2,1-2H3. The van der Waals surface area contributed by atoms with Crippen LogP contribution in [-0.4, -0.2) is 37.7 Å². The molecule has 3 heteroatoms. The number of hydrogen-bond donors (Lipinski definition) is 0. The largest absolute Gasteiger partial charge is 0.460 e. The van der Waals surface area contributed by atoms with Gasteiger partial charge >= 0.3 is 0 Å². The van der Waals surface area contributed by atoms with Crippen LogP contribution in [0.4, 0.5) is 0 Å². The van der Waals surface area contributed by atoms with E-state index in [-0.39, 0.29) is 0 Å². The van der Waals surface area contributed by atoms with Crippen molar-refractivity contribution < 1.29 is 9.15 Å². The lowest BCUT2D eigenvalue weighted by Crippen LogP contribution is -2.57. The van der Waals surface area contributed by atoms with Gasteiger partial charge < -0.3 is 9.15 Å². The van der Waals surface area contributed by atoms with Gasteiger partial charge in [-0.25, -0.2) is 0 Å². The Hall–Kier alpha value is -1.32. The molecule has 3 nitrogen and oxygen atoms in total. The van der Waals surface area contributed by atoms with Crippen LogP contribution in [0.2, 0.25) is 0 Å². The van der Waals surface area contributed by atoms with Gasteiger partial charge in [0.05, 0.1) is 6.61 Å². The van der Waals surface area contributed by atoms with Gasteiger partial charge in [-0.1, -0.05) is 11.6 Å². The molecule has 5 atom stereocenters. The molecule has 1 saturated carbocycles. The van der Waals surface area contributed by atoms with Crippen LogP contribution in [0.3, 0.4) is 0 Å². The second-order valence-electron chi connectivity index (χ2n) is 7.84. The van der Waals surface area contributed by atoms with E-state index in [2.05, 4.69) is 30.0 Å². The number of furan rings is 1. The fourth-order valence-electron chi connectivity index (χ4n) is 5.62. The van der Waals surface area contributed by atoms with E-state index in [4.69, 9.17) is 9.15 Å². The third-order valence-electron chi connectivity index (χ3n) is 6.38. The zero-order valence-corrected chi connectivity index (χ0v) is 14.0. The molecule has 1 aliphatic carbocycles. The number of nitrogens with zero attached hydrogens (tertiary/aromatic N) is 1. The zero-order valence-electron chi connectivity index (χ0n) is 14.0. The summed E-state index contributed by atoms with van der Waals surface area (Å²) in [5.41, 5.74) is 3.89. The van der Waals surface area contributed by atoms with Crippen molar-refractivity contribution >= 4 is 11.0 Å². The monoisotopic (exact) mass is 311 g/mol. The summed E-state index contributed by atoms with van der Waals surface area (Å²) in [6.07, 6.45) is 3.76. The van der Waals surface area contributed by atoms with E-state index in [0.717, 1.165) is 24.5 Å². The van der Waals surface area contributed by atoms with Crippen LogP contribution >= 0.6 is 0 Å². The maximum Gasteiger partial charge on any atom is 0.134 e. The molecule has 5 unspecified atom stereocenters. The first-order chi connectivity index (χ1) is 11.2. The maximum absolute atomic E-state index is 6.42. The van der Waals surface area contributed by atoms with E-state index in [1.165, 1.54) is 48.2 Å². The molecule has 23 heavy (non-hydrogen) atoms. The molecule has 1 aromatic carbocycles. The zero-order chi connectivity index (χ0) is 15.6. The van der Waals surface area contributed by atoms with Crippen LogP contribution in [0.25, 0.3) is 11.0 Å². The molecule has 2 aromatic rings. The van der Waals surface area contributed by atoms with Gasteiger partial charge in [0.25, 0.3) is 0 Å². The first-order valence-electron chi connectivity index (χ1n) is 8.99. The number of rotatable bonds is 2. The molecule has 4 aliphatic rings. The van der Waals surface area contributed by atoms with Crippen LogP contribution in [0.5, 0.6) is 0 Å². The molecule has 3 aliphatic heterocycles. The Balaban J connectivity index is 1.64. The van der Waals surface area contributed by atoms with Crippen LogP contribution in [0.1, 0.15) is 35.6 Å². The number of methoxy groups -OCH3 is 1. The number of hydrogen-bond acceptors (Lipinski definition) is 3. The van der Waals surface area contributed by atoms with Gasteiger partial charge in [-0.05, 0) is 50.2 Å². The molecule has 3 fully saturated rings. The molecule has 1 aromatic heterocycles. The summed E-state index contributed by atoms with van der Waals surface area (Å²) in [5.74, 6) is 3.33. The molecule has 4 bridgehead atoms. The fourth-order valence-corrected chi connectivity index (χ4v) is 5.62. The average Bonchev–Trinajstić information content (AvgIpc) is 2.85. The van der Waals surface area contributed by atoms with E-state index >= 15 is 0 Å².